The number of Topliss-reactive ketones (excluding diaryl/α,β-unsaturated/α-hetero) is 1. The molecule has 22 heavy (non-hydrogen) atoms. The van der Waals surface area contributed by atoms with E-state index in [-0.39, 0.29) is 11.8 Å². The van der Waals surface area contributed by atoms with Crippen molar-refractivity contribution in [1.82, 2.24) is 4.90 Å². The number of carbonyl (C=O) groups excluding carboxylic acids is 1. The van der Waals surface area contributed by atoms with E-state index in [0.717, 1.165) is 37.1 Å². The van der Waals surface area contributed by atoms with Gasteiger partial charge in [-0.2, -0.15) is 0 Å². The molecule has 1 atom stereocenters. The van der Waals surface area contributed by atoms with E-state index in [2.05, 4.69) is 30.9 Å². The highest BCUT2D eigenvalue weighted by molar-refractivity contribution is 6.00. The van der Waals surface area contributed by atoms with Gasteiger partial charge in [-0.1, -0.05) is 74.5 Å². The normalized spacial score (nSPS) is 12.3. The monoisotopic (exact) mass is 295 g/mol. The second kappa shape index (κ2) is 8.50. The van der Waals surface area contributed by atoms with Gasteiger partial charge in [0.2, 0.25) is 0 Å². The van der Waals surface area contributed by atoms with Crippen LogP contribution in [0.5, 0.6) is 0 Å². The van der Waals surface area contributed by atoms with Gasteiger partial charge >= 0.3 is 0 Å². The van der Waals surface area contributed by atoms with E-state index in [0.29, 0.717) is 0 Å². The number of hydrogen-bond donors (Lipinski definition) is 0. The molecule has 0 radical (unpaired) electrons. The van der Waals surface area contributed by atoms with Crippen LogP contribution < -0.4 is 0 Å². The van der Waals surface area contributed by atoms with Crippen molar-refractivity contribution in [2.45, 2.75) is 32.7 Å². The first-order valence-corrected chi connectivity index (χ1v) is 8.16. The van der Waals surface area contributed by atoms with Gasteiger partial charge in [-0.25, -0.2) is 0 Å². The van der Waals surface area contributed by atoms with E-state index < -0.39 is 0 Å². The van der Waals surface area contributed by atoms with Gasteiger partial charge in [-0.05, 0) is 31.5 Å². The number of benzene rings is 2. The summed E-state index contributed by atoms with van der Waals surface area (Å²) in [6.45, 7) is 6.20. The summed E-state index contributed by atoms with van der Waals surface area (Å²) in [6, 6.07) is 19.6. The molecule has 0 aliphatic carbocycles. The zero-order chi connectivity index (χ0) is 15.8. The van der Waals surface area contributed by atoms with Gasteiger partial charge in [0.25, 0.3) is 0 Å². The molecule has 0 aliphatic rings. The number of nitrogens with zero attached hydrogens (tertiary/aromatic N) is 1. The maximum atomic E-state index is 13.1. The van der Waals surface area contributed by atoms with Gasteiger partial charge in [0.1, 0.15) is 0 Å². The van der Waals surface area contributed by atoms with Crippen LogP contribution in [0, 0.1) is 0 Å². The molecule has 0 N–H and O–H groups in total. The third kappa shape index (κ3) is 4.05. The molecule has 0 spiro atoms. The van der Waals surface area contributed by atoms with E-state index in [4.69, 9.17) is 0 Å². The molecule has 1 unspecified atom stereocenters. The van der Waals surface area contributed by atoms with Crippen molar-refractivity contribution in [2.24, 2.45) is 0 Å². The second-order valence-corrected chi connectivity index (χ2v) is 5.58. The minimum Gasteiger partial charge on any atom is -0.292 e. The van der Waals surface area contributed by atoms with Gasteiger partial charge in [-0.3, -0.25) is 9.69 Å². The minimum absolute atomic E-state index is 0.189. The Labute approximate surface area is 133 Å². The van der Waals surface area contributed by atoms with Crippen molar-refractivity contribution in [3.63, 3.8) is 0 Å². The molecule has 2 aromatic carbocycles. The van der Waals surface area contributed by atoms with Crippen LogP contribution in [0.1, 0.15) is 48.7 Å². The zero-order valence-corrected chi connectivity index (χ0v) is 13.5. The van der Waals surface area contributed by atoms with E-state index in [1.54, 1.807) is 0 Å². The Balaban J connectivity index is 2.38. The lowest BCUT2D eigenvalue weighted by Crippen LogP contribution is -2.35. The van der Waals surface area contributed by atoms with Gasteiger partial charge in [0, 0.05) is 5.56 Å². The second-order valence-electron chi connectivity index (χ2n) is 5.58. The zero-order valence-electron chi connectivity index (χ0n) is 13.5. The fourth-order valence-electron chi connectivity index (χ4n) is 2.87. The lowest BCUT2D eigenvalue weighted by molar-refractivity contribution is 0.0815. The minimum atomic E-state index is -0.191. The first-order chi connectivity index (χ1) is 10.8. The maximum absolute atomic E-state index is 13.1. The number of carbonyl (C=O) groups is 1. The Morgan fingerprint density at radius 1 is 0.864 bits per heavy atom. The average molecular weight is 295 g/mol. The van der Waals surface area contributed by atoms with Crippen molar-refractivity contribution < 1.29 is 4.79 Å². The molecule has 0 aliphatic heterocycles. The molecular formula is C20H25NO. The molecule has 0 bridgehead atoms. The molecule has 2 aromatic rings. The maximum Gasteiger partial charge on any atom is 0.184 e. The molecule has 2 rings (SSSR count). The van der Waals surface area contributed by atoms with Crippen LogP contribution in [0.25, 0.3) is 0 Å². The largest absolute Gasteiger partial charge is 0.292 e. The molecule has 0 aromatic heterocycles. The highest BCUT2D eigenvalue weighted by Crippen LogP contribution is 2.25. The molecule has 2 heteroatoms. The average Bonchev–Trinajstić information content (AvgIpc) is 2.57. The summed E-state index contributed by atoms with van der Waals surface area (Å²) in [5.74, 6) is 0.189. The fraction of sp³-hybridized carbons (Fsp3) is 0.350. The topological polar surface area (TPSA) is 20.3 Å². The third-order valence-electron chi connectivity index (χ3n) is 3.81. The predicted molar refractivity (Wildman–Crippen MR) is 92.1 cm³/mol. The summed E-state index contributed by atoms with van der Waals surface area (Å²) in [5, 5.41) is 0. The fourth-order valence-corrected chi connectivity index (χ4v) is 2.87. The van der Waals surface area contributed by atoms with Crippen LogP contribution in [0.15, 0.2) is 60.7 Å². The van der Waals surface area contributed by atoms with Gasteiger partial charge in [0.15, 0.2) is 5.78 Å². The quantitative estimate of drug-likeness (QED) is 0.656. The van der Waals surface area contributed by atoms with Crippen molar-refractivity contribution >= 4 is 5.78 Å². The van der Waals surface area contributed by atoms with Crippen LogP contribution in [-0.4, -0.2) is 23.8 Å². The van der Waals surface area contributed by atoms with E-state index in [9.17, 15) is 4.79 Å². The molecule has 0 heterocycles. The standard InChI is InChI=1S/C20H25NO/c1-3-15-21(16-4-2)19(17-11-7-5-8-12-17)20(22)18-13-9-6-10-14-18/h5-14,19H,3-4,15-16H2,1-2H3. The highest BCUT2D eigenvalue weighted by atomic mass is 16.1. The summed E-state index contributed by atoms with van der Waals surface area (Å²) < 4.78 is 0. The van der Waals surface area contributed by atoms with Crippen LogP contribution in [-0.2, 0) is 0 Å². The summed E-state index contributed by atoms with van der Waals surface area (Å²) >= 11 is 0. The molecule has 0 amide bonds. The van der Waals surface area contributed by atoms with E-state index in [1.165, 1.54) is 0 Å². The Bertz CT molecular complexity index is 559. The van der Waals surface area contributed by atoms with Crippen molar-refractivity contribution in [3.05, 3.63) is 71.8 Å². The van der Waals surface area contributed by atoms with Crippen LogP contribution in [0.3, 0.4) is 0 Å². The van der Waals surface area contributed by atoms with Crippen molar-refractivity contribution in [2.75, 3.05) is 13.1 Å². The van der Waals surface area contributed by atoms with Gasteiger partial charge in [-0.15, -0.1) is 0 Å². The summed E-state index contributed by atoms with van der Waals surface area (Å²) in [4.78, 5) is 15.4. The molecule has 116 valence electrons. The van der Waals surface area contributed by atoms with Gasteiger partial charge < -0.3 is 0 Å². The smallest absolute Gasteiger partial charge is 0.184 e. The number of ketones is 1. The summed E-state index contributed by atoms with van der Waals surface area (Å²) in [6.07, 6.45) is 2.09. The van der Waals surface area contributed by atoms with Crippen LogP contribution in [0.2, 0.25) is 0 Å². The summed E-state index contributed by atoms with van der Waals surface area (Å²) in [5.41, 5.74) is 1.87. The Morgan fingerprint density at radius 3 is 1.86 bits per heavy atom. The first-order valence-electron chi connectivity index (χ1n) is 8.16. The van der Waals surface area contributed by atoms with Crippen molar-refractivity contribution in [1.29, 1.82) is 0 Å². The van der Waals surface area contributed by atoms with Crippen molar-refractivity contribution in [3.8, 4) is 0 Å². The molecular weight excluding hydrogens is 270 g/mol. The molecule has 0 saturated heterocycles. The lowest BCUT2D eigenvalue weighted by Gasteiger charge is -2.30. The summed E-state index contributed by atoms with van der Waals surface area (Å²) in [7, 11) is 0. The Kier molecular flexibility index (Phi) is 6.35. The Hall–Kier alpha value is -1.93. The number of hydrogen-bond acceptors (Lipinski definition) is 2. The van der Waals surface area contributed by atoms with E-state index in [1.807, 2.05) is 48.5 Å². The number of rotatable bonds is 8. The molecule has 0 saturated carbocycles. The van der Waals surface area contributed by atoms with Gasteiger partial charge in [0.05, 0.1) is 6.04 Å². The predicted octanol–water partition coefficient (Wildman–Crippen LogP) is 4.73. The van der Waals surface area contributed by atoms with E-state index >= 15 is 0 Å². The first kappa shape index (κ1) is 16.4. The highest BCUT2D eigenvalue weighted by Gasteiger charge is 2.27. The van der Waals surface area contributed by atoms with Crippen LogP contribution in [0.4, 0.5) is 0 Å². The molecule has 0 fully saturated rings. The SMILES string of the molecule is CCCN(CCC)C(C(=O)c1ccccc1)c1ccccc1. The van der Waals surface area contributed by atoms with Crippen LogP contribution >= 0.6 is 0 Å². The molecule has 2 nitrogen and oxygen atoms in total. The lowest BCUT2D eigenvalue weighted by atomic mass is 9.95. The Morgan fingerprint density at radius 2 is 1.36 bits per heavy atom. The third-order valence-corrected chi connectivity index (χ3v) is 3.81.